The van der Waals surface area contributed by atoms with Gasteiger partial charge in [0.15, 0.2) is 17.2 Å². The third-order valence-corrected chi connectivity index (χ3v) is 4.28. The Balaban J connectivity index is 1.93. The molecule has 0 saturated heterocycles. The van der Waals surface area contributed by atoms with Crippen LogP contribution < -0.4 is 5.32 Å². The fraction of sp³-hybridized carbons (Fsp3) is 0.350. The lowest BCUT2D eigenvalue weighted by molar-refractivity contribution is 0.0943. The Bertz CT molecular complexity index is 941. The zero-order chi connectivity index (χ0) is 18.8. The van der Waals surface area contributed by atoms with Gasteiger partial charge in [-0.15, -0.1) is 0 Å². The predicted molar refractivity (Wildman–Crippen MR) is 96.2 cm³/mol. The molecule has 1 N–H and O–H groups in total. The average Bonchev–Trinajstić information content (AvgIpc) is 3.08. The van der Waals surface area contributed by atoms with Gasteiger partial charge < -0.3 is 14.3 Å². The van der Waals surface area contributed by atoms with Crippen LogP contribution in [0.2, 0.25) is 0 Å². The topological polar surface area (TPSA) is 47.2 Å². The molecule has 26 heavy (non-hydrogen) atoms. The fourth-order valence-electron chi connectivity index (χ4n) is 2.91. The van der Waals surface area contributed by atoms with E-state index >= 15 is 0 Å². The van der Waals surface area contributed by atoms with Gasteiger partial charge in [-0.05, 0) is 37.0 Å². The number of aromatic nitrogens is 1. The Kier molecular flexibility index (Phi) is 5.11. The van der Waals surface area contributed by atoms with Gasteiger partial charge in [-0.3, -0.25) is 4.79 Å². The molecule has 1 amide bonds. The number of hydrogen-bond donors (Lipinski definition) is 1. The minimum absolute atomic E-state index is 0.211. The summed E-state index contributed by atoms with van der Waals surface area (Å²) >= 11 is 0. The van der Waals surface area contributed by atoms with Crippen LogP contribution in [0.3, 0.4) is 0 Å². The van der Waals surface area contributed by atoms with Crippen molar-refractivity contribution >= 4 is 17.0 Å². The summed E-state index contributed by atoms with van der Waals surface area (Å²) in [5, 5.41) is 2.91. The van der Waals surface area contributed by atoms with Crippen LogP contribution in [-0.2, 0) is 6.54 Å². The van der Waals surface area contributed by atoms with E-state index in [2.05, 4.69) is 19.2 Å². The monoisotopic (exact) mass is 360 g/mol. The van der Waals surface area contributed by atoms with Crippen molar-refractivity contribution in [1.82, 2.24) is 9.88 Å². The highest BCUT2D eigenvalue weighted by atomic mass is 19.2. The lowest BCUT2D eigenvalue weighted by Crippen LogP contribution is -2.27. The van der Waals surface area contributed by atoms with Gasteiger partial charge in [-0.2, -0.15) is 0 Å². The van der Waals surface area contributed by atoms with Gasteiger partial charge in [-0.1, -0.05) is 19.9 Å². The van der Waals surface area contributed by atoms with Crippen LogP contribution in [0.5, 0.6) is 0 Å². The third kappa shape index (κ3) is 3.79. The molecule has 0 aliphatic heterocycles. The predicted octanol–water partition coefficient (Wildman–Crippen LogP) is 4.65. The zero-order valence-corrected chi connectivity index (χ0v) is 15.1. The first-order valence-electron chi connectivity index (χ1n) is 8.67. The maximum atomic E-state index is 13.5. The summed E-state index contributed by atoms with van der Waals surface area (Å²) in [5.41, 5.74) is 2.35. The van der Waals surface area contributed by atoms with Gasteiger partial charge in [0.1, 0.15) is 11.5 Å². The van der Waals surface area contributed by atoms with Gasteiger partial charge in [0, 0.05) is 25.2 Å². The van der Waals surface area contributed by atoms with Gasteiger partial charge in [0.25, 0.3) is 5.91 Å². The van der Waals surface area contributed by atoms with Crippen LogP contribution >= 0.6 is 0 Å². The molecule has 0 saturated carbocycles. The molecular weight excluding hydrogens is 338 g/mol. The van der Waals surface area contributed by atoms with Gasteiger partial charge >= 0.3 is 0 Å². The van der Waals surface area contributed by atoms with E-state index < -0.39 is 11.6 Å². The molecule has 0 spiro atoms. The van der Waals surface area contributed by atoms with Crippen molar-refractivity contribution in [3.8, 4) is 0 Å². The van der Waals surface area contributed by atoms with E-state index in [1.54, 1.807) is 10.6 Å². The third-order valence-electron chi connectivity index (χ3n) is 4.28. The van der Waals surface area contributed by atoms with Gasteiger partial charge in [-0.25, -0.2) is 8.78 Å². The molecule has 0 atom stereocenters. The number of nitrogens with zero attached hydrogens (tertiary/aromatic N) is 1. The molecule has 0 radical (unpaired) electrons. The number of carbonyl (C=O) groups excluding carboxylic acids is 1. The SMILES string of the molecule is Cc1cc2c(cc(C(=O)NCCC(C)C)n2Cc2ccc(F)c(F)c2)o1. The molecule has 3 rings (SSSR count). The molecule has 3 aromatic rings. The largest absolute Gasteiger partial charge is 0.460 e. The normalized spacial score (nSPS) is 11.5. The van der Waals surface area contributed by atoms with Crippen molar-refractivity contribution < 1.29 is 18.0 Å². The second-order valence-corrected chi connectivity index (χ2v) is 6.91. The van der Waals surface area contributed by atoms with Crippen LogP contribution in [0, 0.1) is 24.5 Å². The number of rotatable bonds is 6. The number of nitrogens with one attached hydrogen (secondary N) is 1. The number of carbonyl (C=O) groups is 1. The van der Waals surface area contributed by atoms with E-state index in [-0.39, 0.29) is 12.5 Å². The van der Waals surface area contributed by atoms with Crippen molar-refractivity contribution in [2.24, 2.45) is 5.92 Å². The quantitative estimate of drug-likeness (QED) is 0.696. The fourth-order valence-corrected chi connectivity index (χ4v) is 2.91. The zero-order valence-electron chi connectivity index (χ0n) is 15.1. The van der Waals surface area contributed by atoms with Gasteiger partial charge in [0.2, 0.25) is 0 Å². The first-order chi connectivity index (χ1) is 12.3. The lowest BCUT2D eigenvalue weighted by Gasteiger charge is -2.12. The van der Waals surface area contributed by atoms with E-state index in [0.29, 0.717) is 29.3 Å². The maximum Gasteiger partial charge on any atom is 0.268 e. The summed E-state index contributed by atoms with van der Waals surface area (Å²) in [6.07, 6.45) is 0.880. The number of hydrogen-bond acceptors (Lipinski definition) is 2. The lowest BCUT2D eigenvalue weighted by atomic mass is 10.1. The average molecular weight is 360 g/mol. The Labute approximate surface area is 150 Å². The summed E-state index contributed by atoms with van der Waals surface area (Å²) in [6, 6.07) is 7.27. The molecule has 2 aromatic heterocycles. The molecule has 0 aliphatic carbocycles. The number of benzene rings is 1. The summed E-state index contributed by atoms with van der Waals surface area (Å²) in [7, 11) is 0. The summed E-state index contributed by atoms with van der Waals surface area (Å²) < 4.78 is 34.1. The van der Waals surface area contributed by atoms with E-state index in [9.17, 15) is 13.6 Å². The number of fused-ring (bicyclic) bond motifs is 1. The van der Waals surface area contributed by atoms with Crippen molar-refractivity contribution in [2.75, 3.05) is 6.54 Å². The van der Waals surface area contributed by atoms with E-state index in [0.717, 1.165) is 29.8 Å². The molecule has 0 unspecified atom stereocenters. The standard InChI is InChI=1S/C20H22F2N2O2/c1-12(2)6-7-23-20(25)18-10-19-17(8-13(3)26-19)24(18)11-14-4-5-15(21)16(22)9-14/h4-5,8-10,12H,6-7,11H2,1-3H3,(H,23,25). The molecule has 6 heteroatoms. The summed E-state index contributed by atoms with van der Waals surface area (Å²) in [4.78, 5) is 12.6. The molecule has 0 aliphatic rings. The highest BCUT2D eigenvalue weighted by Gasteiger charge is 2.19. The molecule has 0 bridgehead atoms. The molecule has 138 valence electrons. The van der Waals surface area contributed by atoms with Crippen LogP contribution in [0.1, 0.15) is 42.1 Å². The smallest absolute Gasteiger partial charge is 0.268 e. The molecule has 2 heterocycles. The van der Waals surface area contributed by atoms with E-state index in [1.807, 2.05) is 13.0 Å². The highest BCUT2D eigenvalue weighted by molar-refractivity contribution is 5.97. The first-order valence-corrected chi connectivity index (χ1v) is 8.67. The number of furan rings is 1. The van der Waals surface area contributed by atoms with Crippen LogP contribution in [-0.4, -0.2) is 17.0 Å². The Morgan fingerprint density at radius 1 is 1.19 bits per heavy atom. The van der Waals surface area contributed by atoms with Crippen molar-refractivity contribution in [1.29, 1.82) is 0 Å². The highest BCUT2D eigenvalue weighted by Crippen LogP contribution is 2.25. The number of amides is 1. The second-order valence-electron chi connectivity index (χ2n) is 6.91. The summed E-state index contributed by atoms with van der Waals surface area (Å²) in [5.74, 6) is -0.796. The number of aryl methyl sites for hydroxylation is 1. The van der Waals surface area contributed by atoms with Crippen molar-refractivity contribution in [2.45, 2.75) is 33.7 Å². The van der Waals surface area contributed by atoms with Gasteiger partial charge in [0.05, 0.1) is 5.52 Å². The molecular formula is C20H22F2N2O2. The first kappa shape index (κ1) is 18.2. The second kappa shape index (κ2) is 7.32. The number of halogens is 2. The van der Waals surface area contributed by atoms with Crippen molar-refractivity contribution in [3.63, 3.8) is 0 Å². The molecule has 1 aromatic carbocycles. The van der Waals surface area contributed by atoms with E-state index in [1.165, 1.54) is 6.07 Å². The van der Waals surface area contributed by atoms with Crippen molar-refractivity contribution in [3.05, 3.63) is 59.0 Å². The van der Waals surface area contributed by atoms with E-state index in [4.69, 9.17) is 4.42 Å². The molecule has 0 fully saturated rings. The maximum absolute atomic E-state index is 13.5. The minimum Gasteiger partial charge on any atom is -0.460 e. The van der Waals surface area contributed by atoms with Crippen LogP contribution in [0.15, 0.2) is 34.7 Å². The Morgan fingerprint density at radius 2 is 1.96 bits per heavy atom. The minimum atomic E-state index is -0.905. The Hall–Kier alpha value is -2.63. The summed E-state index contributed by atoms with van der Waals surface area (Å²) in [6.45, 7) is 6.83. The Morgan fingerprint density at radius 3 is 2.65 bits per heavy atom. The molecule has 4 nitrogen and oxygen atoms in total. The van der Waals surface area contributed by atoms with Crippen LogP contribution in [0.4, 0.5) is 8.78 Å². The van der Waals surface area contributed by atoms with Crippen LogP contribution in [0.25, 0.3) is 11.1 Å².